The van der Waals surface area contributed by atoms with E-state index in [1.165, 1.54) is 0 Å². The zero-order chi connectivity index (χ0) is 22.5. The molecule has 0 heterocycles. The quantitative estimate of drug-likeness (QED) is 0.287. The van der Waals surface area contributed by atoms with Gasteiger partial charge in [-0.15, -0.1) is 0 Å². The fourth-order valence-electron chi connectivity index (χ4n) is 4.08. The van der Waals surface area contributed by atoms with E-state index < -0.39 is 11.8 Å². The van der Waals surface area contributed by atoms with E-state index >= 15 is 0 Å². The first-order valence-electron chi connectivity index (χ1n) is 10.4. The van der Waals surface area contributed by atoms with Crippen molar-refractivity contribution < 1.29 is 9.53 Å². The Morgan fingerprint density at radius 2 is 1.66 bits per heavy atom. The molecule has 158 valence electrons. The molecule has 0 N–H and O–H groups in total. The number of Topliss-reactive ketones (excluding diaryl/α,β-unsaturated/α-hetero) is 1. The standard InChI is InChI=1S/C28H22ClNO2/c1-32-23-13-14-24(27(29)16-23)25(26(18-30)20-8-3-2-4-9-20)17-28(31)22-12-11-19-7-5-6-10-21(19)15-22/h2-16,25-26H,17H2,1H3/t25-,26+/m1/s1. The van der Waals surface area contributed by atoms with Gasteiger partial charge in [0.15, 0.2) is 5.78 Å². The number of methoxy groups -OCH3 is 1. The summed E-state index contributed by atoms with van der Waals surface area (Å²) in [7, 11) is 1.58. The molecule has 0 unspecified atom stereocenters. The third-order valence-electron chi connectivity index (χ3n) is 5.78. The van der Waals surface area contributed by atoms with E-state index in [0.717, 1.165) is 21.9 Å². The van der Waals surface area contributed by atoms with Gasteiger partial charge in [-0.2, -0.15) is 5.26 Å². The van der Waals surface area contributed by atoms with Gasteiger partial charge in [0.1, 0.15) is 5.75 Å². The molecule has 4 aromatic carbocycles. The number of nitriles is 1. The van der Waals surface area contributed by atoms with E-state index in [-0.39, 0.29) is 12.2 Å². The number of benzene rings is 4. The summed E-state index contributed by atoms with van der Waals surface area (Å²) in [4.78, 5) is 13.4. The number of halogens is 1. The molecule has 4 heteroatoms. The van der Waals surface area contributed by atoms with Crippen LogP contribution in [0.5, 0.6) is 5.75 Å². The smallest absolute Gasteiger partial charge is 0.163 e. The van der Waals surface area contributed by atoms with Crippen LogP contribution in [0.15, 0.2) is 91.0 Å². The molecular formula is C28H22ClNO2. The van der Waals surface area contributed by atoms with Gasteiger partial charge in [0.05, 0.1) is 19.1 Å². The highest BCUT2D eigenvalue weighted by Gasteiger charge is 2.29. The highest BCUT2D eigenvalue weighted by atomic mass is 35.5. The molecule has 0 spiro atoms. The highest BCUT2D eigenvalue weighted by Crippen LogP contribution is 2.40. The van der Waals surface area contributed by atoms with Crippen molar-refractivity contribution in [3.8, 4) is 11.8 Å². The number of rotatable bonds is 7. The molecular weight excluding hydrogens is 418 g/mol. The lowest BCUT2D eigenvalue weighted by atomic mass is 9.78. The number of carbonyl (C=O) groups excluding carboxylic acids is 1. The number of carbonyl (C=O) groups is 1. The summed E-state index contributed by atoms with van der Waals surface area (Å²) in [6, 6.07) is 31.0. The maximum Gasteiger partial charge on any atom is 0.163 e. The van der Waals surface area contributed by atoms with Gasteiger partial charge >= 0.3 is 0 Å². The van der Waals surface area contributed by atoms with Gasteiger partial charge in [-0.3, -0.25) is 4.79 Å². The lowest BCUT2D eigenvalue weighted by molar-refractivity contribution is 0.0972. The molecule has 0 aliphatic carbocycles. The number of hydrogen-bond donors (Lipinski definition) is 0. The van der Waals surface area contributed by atoms with Gasteiger partial charge in [-0.1, -0.05) is 84.4 Å². The second-order valence-corrected chi connectivity index (χ2v) is 8.11. The molecule has 32 heavy (non-hydrogen) atoms. The van der Waals surface area contributed by atoms with Crippen molar-refractivity contribution in [2.24, 2.45) is 0 Å². The van der Waals surface area contributed by atoms with Gasteiger partial charge in [-0.05, 0) is 40.1 Å². The maximum absolute atomic E-state index is 13.4. The number of hydrogen-bond acceptors (Lipinski definition) is 3. The van der Waals surface area contributed by atoms with E-state index in [4.69, 9.17) is 16.3 Å². The average molecular weight is 440 g/mol. The zero-order valence-electron chi connectivity index (χ0n) is 17.7. The van der Waals surface area contributed by atoms with Crippen LogP contribution >= 0.6 is 11.6 Å². The van der Waals surface area contributed by atoms with Crippen molar-refractivity contribution in [1.29, 1.82) is 5.26 Å². The summed E-state index contributed by atoms with van der Waals surface area (Å²) in [5.41, 5.74) is 2.25. The number of ether oxygens (including phenoxy) is 1. The number of ketones is 1. The molecule has 3 nitrogen and oxygen atoms in total. The molecule has 4 rings (SSSR count). The molecule has 0 aromatic heterocycles. The molecule has 0 saturated carbocycles. The second-order valence-electron chi connectivity index (χ2n) is 7.70. The molecule has 0 aliphatic heterocycles. The minimum atomic E-state index is -0.522. The van der Waals surface area contributed by atoms with Crippen molar-refractivity contribution in [2.75, 3.05) is 7.11 Å². The minimum Gasteiger partial charge on any atom is -0.497 e. The largest absolute Gasteiger partial charge is 0.497 e. The van der Waals surface area contributed by atoms with E-state index in [9.17, 15) is 10.1 Å². The first kappa shape index (κ1) is 21.6. The summed E-state index contributed by atoms with van der Waals surface area (Å²) in [6.07, 6.45) is 0.164. The third kappa shape index (κ3) is 4.51. The van der Waals surface area contributed by atoms with Crippen molar-refractivity contribution in [2.45, 2.75) is 18.3 Å². The fourth-order valence-corrected chi connectivity index (χ4v) is 4.39. The molecule has 0 amide bonds. The Balaban J connectivity index is 1.74. The van der Waals surface area contributed by atoms with Crippen LogP contribution in [0.2, 0.25) is 5.02 Å². The van der Waals surface area contributed by atoms with E-state index in [0.29, 0.717) is 16.3 Å². The Hall–Kier alpha value is -3.61. The molecule has 0 radical (unpaired) electrons. The second kappa shape index (κ2) is 9.68. The SMILES string of the molecule is COc1ccc([C@@H](CC(=O)c2ccc3ccccc3c2)[C@@H](C#N)c2ccccc2)c(Cl)c1. The summed E-state index contributed by atoms with van der Waals surface area (Å²) < 4.78 is 5.28. The van der Waals surface area contributed by atoms with Crippen LogP contribution in [0.4, 0.5) is 0 Å². The lowest BCUT2D eigenvalue weighted by Gasteiger charge is -2.24. The summed E-state index contributed by atoms with van der Waals surface area (Å²) in [5.74, 6) is -0.318. The highest BCUT2D eigenvalue weighted by molar-refractivity contribution is 6.31. The predicted octanol–water partition coefficient (Wildman–Crippen LogP) is 7.17. The number of nitrogens with zero attached hydrogens (tertiary/aromatic N) is 1. The van der Waals surface area contributed by atoms with Crippen molar-refractivity contribution in [3.63, 3.8) is 0 Å². The zero-order valence-corrected chi connectivity index (χ0v) is 18.4. The number of fused-ring (bicyclic) bond motifs is 1. The van der Waals surface area contributed by atoms with Crippen LogP contribution in [-0.4, -0.2) is 12.9 Å². The van der Waals surface area contributed by atoms with Gasteiger partial charge in [0.2, 0.25) is 0 Å². The minimum absolute atomic E-state index is 0.0242. The molecule has 0 fully saturated rings. The molecule has 2 atom stereocenters. The van der Waals surface area contributed by atoms with Crippen LogP contribution in [0, 0.1) is 11.3 Å². The Labute approximate surface area is 192 Å². The maximum atomic E-state index is 13.4. The van der Waals surface area contributed by atoms with Crippen molar-refractivity contribution in [3.05, 3.63) is 113 Å². The Morgan fingerprint density at radius 1 is 0.938 bits per heavy atom. The van der Waals surface area contributed by atoms with Gasteiger partial charge in [-0.25, -0.2) is 0 Å². The third-order valence-corrected chi connectivity index (χ3v) is 6.11. The Kier molecular flexibility index (Phi) is 6.54. The van der Waals surface area contributed by atoms with Gasteiger partial charge in [0, 0.05) is 22.9 Å². The molecule has 0 saturated heterocycles. The summed E-state index contributed by atoms with van der Waals surface area (Å²) in [5, 5.41) is 12.7. The first-order valence-corrected chi connectivity index (χ1v) is 10.8. The fraction of sp³-hybridized carbons (Fsp3) is 0.143. The summed E-state index contributed by atoms with van der Waals surface area (Å²) >= 11 is 6.60. The van der Waals surface area contributed by atoms with Gasteiger partial charge < -0.3 is 4.74 Å². The van der Waals surface area contributed by atoms with Crippen LogP contribution in [0.1, 0.15) is 39.7 Å². The monoisotopic (exact) mass is 439 g/mol. The average Bonchev–Trinajstić information content (AvgIpc) is 2.84. The topological polar surface area (TPSA) is 50.1 Å². The molecule has 0 bridgehead atoms. The van der Waals surface area contributed by atoms with Crippen LogP contribution in [0.25, 0.3) is 10.8 Å². The lowest BCUT2D eigenvalue weighted by Crippen LogP contribution is -2.15. The van der Waals surface area contributed by atoms with E-state index in [1.54, 1.807) is 13.2 Å². The molecule has 0 aliphatic rings. The normalized spacial score (nSPS) is 12.7. The van der Waals surface area contributed by atoms with Crippen LogP contribution < -0.4 is 4.74 Å². The van der Waals surface area contributed by atoms with E-state index in [1.807, 2.05) is 84.9 Å². The van der Waals surface area contributed by atoms with Crippen LogP contribution in [0.3, 0.4) is 0 Å². The van der Waals surface area contributed by atoms with Crippen LogP contribution in [-0.2, 0) is 0 Å². The van der Waals surface area contributed by atoms with Crippen molar-refractivity contribution >= 4 is 28.2 Å². The summed E-state index contributed by atoms with van der Waals surface area (Å²) in [6.45, 7) is 0. The first-order chi connectivity index (χ1) is 15.6. The van der Waals surface area contributed by atoms with E-state index in [2.05, 4.69) is 6.07 Å². The predicted molar refractivity (Wildman–Crippen MR) is 128 cm³/mol. The van der Waals surface area contributed by atoms with Crippen molar-refractivity contribution in [1.82, 2.24) is 0 Å². The molecule has 4 aromatic rings. The Morgan fingerprint density at radius 3 is 2.34 bits per heavy atom. The Bertz CT molecular complexity index is 1290. The van der Waals surface area contributed by atoms with Gasteiger partial charge in [0.25, 0.3) is 0 Å².